The van der Waals surface area contributed by atoms with Crippen LogP contribution in [0.4, 0.5) is 0 Å². The first kappa shape index (κ1) is 26.1. The van der Waals surface area contributed by atoms with E-state index < -0.39 is 11.7 Å². The minimum Gasteiger partial charge on any atom is -0.493 e. The molecule has 0 bridgehead atoms. The van der Waals surface area contributed by atoms with Crippen LogP contribution in [0.25, 0.3) is 11.3 Å². The van der Waals surface area contributed by atoms with Gasteiger partial charge in [-0.15, -0.1) is 0 Å². The van der Waals surface area contributed by atoms with Crippen LogP contribution in [0.2, 0.25) is 0 Å². The molecule has 0 saturated heterocycles. The Bertz CT molecular complexity index is 1120. The van der Waals surface area contributed by atoms with Crippen LogP contribution in [0.5, 0.6) is 17.2 Å². The first-order valence-corrected chi connectivity index (χ1v) is 12.8. The van der Waals surface area contributed by atoms with Gasteiger partial charge >= 0.3 is 11.6 Å². The third-order valence-electron chi connectivity index (χ3n) is 7.53. The van der Waals surface area contributed by atoms with Gasteiger partial charge in [-0.3, -0.25) is 4.79 Å². The van der Waals surface area contributed by atoms with Crippen molar-refractivity contribution in [1.82, 2.24) is 0 Å². The van der Waals surface area contributed by atoms with E-state index in [1.54, 1.807) is 31.4 Å². The lowest BCUT2D eigenvalue weighted by Gasteiger charge is -2.43. The Balaban J connectivity index is 1.51. The highest BCUT2D eigenvalue weighted by Gasteiger charge is 2.44. The number of esters is 1. The van der Waals surface area contributed by atoms with E-state index in [0.717, 1.165) is 32.1 Å². The molecule has 1 aromatic carbocycles. The molecule has 196 valence electrons. The number of rotatable bonds is 9. The zero-order valence-electron chi connectivity index (χ0n) is 21.5. The Kier molecular flexibility index (Phi) is 8.24. The molecule has 2 heterocycles. The molecule has 0 spiro atoms. The molecule has 4 rings (SSSR count). The van der Waals surface area contributed by atoms with Gasteiger partial charge in [0.2, 0.25) is 0 Å². The average Bonchev–Trinajstić information content (AvgIpc) is 2.89. The van der Waals surface area contributed by atoms with Crippen LogP contribution in [0.15, 0.2) is 33.5 Å². The molecule has 2 aromatic rings. The standard InChI is InChI=1S/C28H36O8/c1-5-6-7-25(29)34-15-16(2)17-8-10-19-22(12-17)35-24-14-21(36-28(31)26(24)27(19)30)18-9-11-20(32-3)23(13-18)33-4/h9,11,13-14,16-17,19,22,27,30H,5-8,10,12,15H2,1-4H3/t16?,17-,19?,22?,27?/m0/s1. The summed E-state index contributed by atoms with van der Waals surface area (Å²) < 4.78 is 28.1. The molecule has 1 N–H and O–H groups in total. The number of fused-ring (bicyclic) bond motifs is 2. The summed E-state index contributed by atoms with van der Waals surface area (Å²) in [4.78, 5) is 24.8. The highest BCUT2D eigenvalue weighted by molar-refractivity contribution is 5.69. The Morgan fingerprint density at radius 1 is 1.17 bits per heavy atom. The number of benzene rings is 1. The molecule has 1 fully saturated rings. The van der Waals surface area contributed by atoms with Gasteiger partial charge in [0.25, 0.3) is 0 Å². The summed E-state index contributed by atoms with van der Waals surface area (Å²) >= 11 is 0. The Hall–Kier alpha value is -3.00. The topological polar surface area (TPSA) is 104 Å². The third kappa shape index (κ3) is 5.38. The van der Waals surface area contributed by atoms with Gasteiger partial charge in [-0.25, -0.2) is 4.79 Å². The van der Waals surface area contributed by atoms with E-state index in [9.17, 15) is 14.7 Å². The zero-order chi connectivity index (χ0) is 25.8. The average molecular weight is 501 g/mol. The number of hydrogen-bond donors (Lipinski definition) is 1. The monoisotopic (exact) mass is 500 g/mol. The van der Waals surface area contributed by atoms with Gasteiger partial charge in [0.05, 0.1) is 26.9 Å². The molecule has 8 nitrogen and oxygen atoms in total. The lowest BCUT2D eigenvalue weighted by molar-refractivity contribution is -0.146. The van der Waals surface area contributed by atoms with E-state index in [4.69, 9.17) is 23.4 Å². The molecule has 5 atom stereocenters. The van der Waals surface area contributed by atoms with Crippen LogP contribution in [0, 0.1) is 17.8 Å². The summed E-state index contributed by atoms with van der Waals surface area (Å²) in [5, 5.41) is 11.1. The second kappa shape index (κ2) is 11.4. The van der Waals surface area contributed by atoms with Gasteiger partial charge in [0.1, 0.15) is 23.2 Å². The molecule has 4 unspecified atom stereocenters. The molecule has 0 radical (unpaired) electrons. The van der Waals surface area contributed by atoms with Gasteiger partial charge < -0.3 is 28.5 Å². The van der Waals surface area contributed by atoms with Crippen molar-refractivity contribution < 1.29 is 33.3 Å². The van der Waals surface area contributed by atoms with Gasteiger partial charge in [-0.1, -0.05) is 20.3 Å². The summed E-state index contributed by atoms with van der Waals surface area (Å²) in [7, 11) is 3.09. The number of carbonyl (C=O) groups is 1. The fraction of sp³-hybridized carbons (Fsp3) is 0.571. The predicted molar refractivity (Wildman–Crippen MR) is 133 cm³/mol. The third-order valence-corrected chi connectivity index (χ3v) is 7.53. The van der Waals surface area contributed by atoms with Gasteiger partial charge in [0.15, 0.2) is 11.5 Å². The number of aliphatic hydroxyl groups is 1. The molecular weight excluding hydrogens is 464 g/mol. The maximum absolute atomic E-state index is 12.9. The molecule has 1 aliphatic carbocycles. The quantitative estimate of drug-likeness (QED) is 0.485. The first-order valence-electron chi connectivity index (χ1n) is 12.8. The summed E-state index contributed by atoms with van der Waals surface area (Å²) in [6, 6.07) is 6.90. The predicted octanol–water partition coefficient (Wildman–Crippen LogP) is 4.90. The van der Waals surface area contributed by atoms with E-state index in [2.05, 4.69) is 6.92 Å². The van der Waals surface area contributed by atoms with E-state index in [-0.39, 0.29) is 29.5 Å². The van der Waals surface area contributed by atoms with E-state index in [1.807, 2.05) is 6.92 Å². The van der Waals surface area contributed by atoms with Crippen LogP contribution in [0.1, 0.15) is 64.0 Å². The fourth-order valence-corrected chi connectivity index (χ4v) is 5.31. The zero-order valence-corrected chi connectivity index (χ0v) is 21.5. The van der Waals surface area contributed by atoms with Crippen molar-refractivity contribution >= 4 is 5.97 Å². The molecule has 1 saturated carbocycles. The maximum atomic E-state index is 12.9. The molecule has 1 aromatic heterocycles. The van der Waals surface area contributed by atoms with Gasteiger partial charge in [-0.05, 0) is 55.7 Å². The lowest BCUT2D eigenvalue weighted by atomic mass is 9.71. The maximum Gasteiger partial charge on any atom is 0.345 e. The van der Waals surface area contributed by atoms with Crippen molar-refractivity contribution in [3.63, 3.8) is 0 Å². The smallest absolute Gasteiger partial charge is 0.345 e. The number of methoxy groups -OCH3 is 2. The summed E-state index contributed by atoms with van der Waals surface area (Å²) in [6.07, 6.45) is 3.40. The van der Waals surface area contributed by atoms with E-state index in [1.165, 1.54) is 7.11 Å². The molecule has 0 amide bonds. The highest BCUT2D eigenvalue weighted by atomic mass is 16.5. The van der Waals surface area contributed by atoms with Crippen molar-refractivity contribution in [3.05, 3.63) is 40.2 Å². The van der Waals surface area contributed by atoms with Crippen LogP contribution < -0.4 is 19.8 Å². The van der Waals surface area contributed by atoms with Crippen LogP contribution >= 0.6 is 0 Å². The first-order chi connectivity index (χ1) is 17.4. The second-order valence-electron chi connectivity index (χ2n) is 9.85. The molecule has 1 aliphatic heterocycles. The van der Waals surface area contributed by atoms with Gasteiger partial charge in [0, 0.05) is 24.0 Å². The number of unbranched alkanes of at least 4 members (excludes halogenated alkanes) is 1. The van der Waals surface area contributed by atoms with Crippen LogP contribution in [-0.4, -0.2) is 38.0 Å². The highest BCUT2D eigenvalue weighted by Crippen LogP contribution is 2.47. The Morgan fingerprint density at radius 2 is 1.94 bits per heavy atom. The van der Waals surface area contributed by atoms with E-state index in [0.29, 0.717) is 47.5 Å². The number of hydrogen-bond acceptors (Lipinski definition) is 8. The minimum absolute atomic E-state index is 0.148. The Labute approximate surface area is 211 Å². The minimum atomic E-state index is -0.947. The normalized spacial score (nSPS) is 23.6. The summed E-state index contributed by atoms with van der Waals surface area (Å²) in [5.74, 6) is 1.90. The molecule has 36 heavy (non-hydrogen) atoms. The van der Waals surface area contributed by atoms with Crippen molar-refractivity contribution in [1.29, 1.82) is 0 Å². The van der Waals surface area contributed by atoms with Crippen LogP contribution in [0.3, 0.4) is 0 Å². The number of aliphatic hydroxyl groups excluding tert-OH is 1. The largest absolute Gasteiger partial charge is 0.493 e. The van der Waals surface area contributed by atoms with Crippen molar-refractivity contribution in [3.8, 4) is 28.6 Å². The number of ether oxygens (including phenoxy) is 4. The van der Waals surface area contributed by atoms with Gasteiger partial charge in [-0.2, -0.15) is 0 Å². The Morgan fingerprint density at radius 3 is 2.67 bits per heavy atom. The second-order valence-corrected chi connectivity index (χ2v) is 9.85. The van der Waals surface area contributed by atoms with Crippen LogP contribution in [-0.2, 0) is 9.53 Å². The lowest BCUT2D eigenvalue weighted by Crippen LogP contribution is -2.44. The molecule has 2 aliphatic rings. The summed E-state index contributed by atoms with van der Waals surface area (Å²) in [6.45, 7) is 4.53. The van der Waals surface area contributed by atoms with Crippen molar-refractivity contribution in [2.75, 3.05) is 20.8 Å². The van der Waals surface area contributed by atoms with Crippen molar-refractivity contribution in [2.45, 2.75) is 64.6 Å². The number of carbonyl (C=O) groups excluding carboxylic acids is 1. The van der Waals surface area contributed by atoms with E-state index >= 15 is 0 Å². The molecule has 8 heteroatoms. The molecular formula is C28H36O8. The SMILES string of the molecule is CCCCC(=O)OCC(C)[C@H]1CCC2C(C1)Oc1cc(-c3ccc(OC)c(OC)c3)oc(=O)c1C2O. The van der Waals surface area contributed by atoms with Crippen molar-refractivity contribution in [2.24, 2.45) is 17.8 Å². The fourth-order valence-electron chi connectivity index (χ4n) is 5.31. The summed E-state index contributed by atoms with van der Waals surface area (Å²) in [5.41, 5.74) is 0.211.